The lowest BCUT2D eigenvalue weighted by Gasteiger charge is -2.13. The van der Waals surface area contributed by atoms with Gasteiger partial charge in [0.1, 0.15) is 5.75 Å². The molecular weight excluding hydrogens is 242 g/mol. The lowest BCUT2D eigenvalue weighted by Crippen LogP contribution is -2.21. The van der Waals surface area contributed by atoms with Crippen LogP contribution in [0, 0.1) is 6.92 Å². The Morgan fingerprint density at radius 3 is 2.68 bits per heavy atom. The van der Waals surface area contributed by atoms with Crippen LogP contribution in [-0.4, -0.2) is 16.8 Å². The quantitative estimate of drug-likeness (QED) is 0.909. The van der Waals surface area contributed by atoms with Gasteiger partial charge in [0, 0.05) is 17.3 Å². The smallest absolute Gasteiger partial charge is 0.251 e. The highest BCUT2D eigenvalue weighted by molar-refractivity contribution is 5.37. The third-order valence-electron chi connectivity index (χ3n) is 3.12. The molecule has 1 aromatic heterocycles. The Kier molecular flexibility index (Phi) is 4.02. The number of ether oxygens (including phenoxy) is 1. The Morgan fingerprint density at radius 1 is 1.26 bits per heavy atom. The Morgan fingerprint density at radius 2 is 2.05 bits per heavy atom. The highest BCUT2D eigenvalue weighted by atomic mass is 16.5. The topological polar surface area (TPSA) is 51.5 Å². The van der Waals surface area contributed by atoms with Gasteiger partial charge < -0.3 is 14.4 Å². The van der Waals surface area contributed by atoms with Crippen LogP contribution in [0.4, 0.5) is 0 Å². The number of methoxy groups -OCH3 is 1. The second kappa shape index (κ2) is 5.71. The van der Waals surface area contributed by atoms with Crippen molar-refractivity contribution in [2.45, 2.75) is 20.1 Å². The average Bonchev–Trinajstić information content (AvgIpc) is 2.42. The van der Waals surface area contributed by atoms with Gasteiger partial charge in [-0.2, -0.15) is 0 Å². The molecule has 0 amide bonds. The number of rotatable bonds is 4. The zero-order valence-electron chi connectivity index (χ0n) is 11.1. The maximum absolute atomic E-state index is 11.9. The van der Waals surface area contributed by atoms with Crippen molar-refractivity contribution < 1.29 is 9.84 Å². The summed E-state index contributed by atoms with van der Waals surface area (Å²) < 4.78 is 6.98. The van der Waals surface area contributed by atoms with E-state index in [0.717, 1.165) is 16.8 Å². The molecule has 1 N–H and O–H groups in total. The van der Waals surface area contributed by atoms with Crippen molar-refractivity contribution in [1.82, 2.24) is 4.57 Å². The van der Waals surface area contributed by atoms with E-state index in [4.69, 9.17) is 4.74 Å². The number of hydrogen-bond acceptors (Lipinski definition) is 3. The summed E-state index contributed by atoms with van der Waals surface area (Å²) in [4.78, 5) is 11.9. The van der Waals surface area contributed by atoms with Crippen LogP contribution in [0.25, 0.3) is 0 Å². The van der Waals surface area contributed by atoms with Crippen molar-refractivity contribution >= 4 is 0 Å². The van der Waals surface area contributed by atoms with Gasteiger partial charge in [0.2, 0.25) is 0 Å². The number of benzene rings is 1. The molecule has 0 spiro atoms. The standard InChI is InChI=1S/C15H17NO3/c1-11-4-3-5-15(18)16(11)9-13-8-12(10-17)6-7-14(13)19-2/h3-8,17H,9-10H2,1-2H3. The van der Waals surface area contributed by atoms with E-state index in [1.165, 1.54) is 6.07 Å². The molecule has 0 saturated heterocycles. The van der Waals surface area contributed by atoms with Crippen LogP contribution in [-0.2, 0) is 13.2 Å². The third-order valence-corrected chi connectivity index (χ3v) is 3.12. The summed E-state index contributed by atoms with van der Waals surface area (Å²) in [5.41, 5.74) is 2.53. The van der Waals surface area contributed by atoms with E-state index in [1.54, 1.807) is 17.7 Å². The molecule has 1 aromatic carbocycles. The van der Waals surface area contributed by atoms with Gasteiger partial charge in [-0.15, -0.1) is 0 Å². The van der Waals surface area contributed by atoms with Gasteiger partial charge >= 0.3 is 0 Å². The van der Waals surface area contributed by atoms with Crippen molar-refractivity contribution in [2.24, 2.45) is 0 Å². The van der Waals surface area contributed by atoms with Gasteiger partial charge in [0.05, 0.1) is 20.3 Å². The summed E-state index contributed by atoms with van der Waals surface area (Å²) in [6, 6.07) is 10.7. The predicted molar refractivity (Wildman–Crippen MR) is 73.5 cm³/mol. The van der Waals surface area contributed by atoms with E-state index in [0.29, 0.717) is 12.3 Å². The molecule has 0 atom stereocenters. The zero-order chi connectivity index (χ0) is 13.8. The van der Waals surface area contributed by atoms with Crippen molar-refractivity contribution in [3.05, 3.63) is 63.6 Å². The fourth-order valence-corrected chi connectivity index (χ4v) is 2.05. The van der Waals surface area contributed by atoms with Gasteiger partial charge in [0.15, 0.2) is 0 Å². The molecular formula is C15H17NO3. The fourth-order valence-electron chi connectivity index (χ4n) is 2.05. The van der Waals surface area contributed by atoms with Gasteiger partial charge in [-0.3, -0.25) is 4.79 Å². The molecule has 4 heteroatoms. The minimum atomic E-state index is -0.0449. The van der Waals surface area contributed by atoms with E-state index in [-0.39, 0.29) is 12.2 Å². The first kappa shape index (κ1) is 13.4. The van der Waals surface area contributed by atoms with E-state index >= 15 is 0 Å². The van der Waals surface area contributed by atoms with Gasteiger partial charge in [-0.1, -0.05) is 12.1 Å². The minimum Gasteiger partial charge on any atom is -0.496 e. The number of aliphatic hydroxyl groups is 1. The molecule has 0 unspecified atom stereocenters. The largest absolute Gasteiger partial charge is 0.496 e. The monoisotopic (exact) mass is 259 g/mol. The number of nitrogens with zero attached hydrogens (tertiary/aromatic N) is 1. The Bertz CT molecular complexity index is 632. The first-order valence-electron chi connectivity index (χ1n) is 6.09. The Balaban J connectivity index is 2.45. The number of hydrogen-bond donors (Lipinski definition) is 1. The summed E-state index contributed by atoms with van der Waals surface area (Å²) in [7, 11) is 1.60. The summed E-state index contributed by atoms with van der Waals surface area (Å²) in [5, 5.41) is 9.19. The van der Waals surface area contributed by atoms with Gasteiger partial charge in [-0.25, -0.2) is 0 Å². The molecule has 0 aliphatic carbocycles. The highest BCUT2D eigenvalue weighted by Gasteiger charge is 2.07. The zero-order valence-corrected chi connectivity index (χ0v) is 11.1. The third kappa shape index (κ3) is 2.85. The Labute approximate surface area is 111 Å². The van der Waals surface area contributed by atoms with Crippen LogP contribution < -0.4 is 10.3 Å². The molecule has 2 aromatic rings. The molecule has 1 heterocycles. The van der Waals surface area contributed by atoms with Crippen molar-refractivity contribution in [2.75, 3.05) is 7.11 Å². The number of aliphatic hydroxyl groups excluding tert-OH is 1. The van der Waals surface area contributed by atoms with Crippen molar-refractivity contribution in [1.29, 1.82) is 0 Å². The number of aryl methyl sites for hydroxylation is 1. The first-order chi connectivity index (χ1) is 9.15. The number of aromatic nitrogens is 1. The SMILES string of the molecule is COc1ccc(CO)cc1Cn1c(C)cccc1=O. The van der Waals surface area contributed by atoms with Gasteiger partial charge in [-0.05, 0) is 30.7 Å². The summed E-state index contributed by atoms with van der Waals surface area (Å²) >= 11 is 0. The summed E-state index contributed by atoms with van der Waals surface area (Å²) in [5.74, 6) is 0.715. The second-order valence-electron chi connectivity index (χ2n) is 4.40. The van der Waals surface area contributed by atoms with E-state index < -0.39 is 0 Å². The molecule has 0 fully saturated rings. The summed E-state index contributed by atoms with van der Waals surface area (Å²) in [6.45, 7) is 2.30. The minimum absolute atomic E-state index is 0.0281. The lowest BCUT2D eigenvalue weighted by atomic mass is 10.1. The Hall–Kier alpha value is -2.07. The second-order valence-corrected chi connectivity index (χ2v) is 4.40. The van der Waals surface area contributed by atoms with Crippen LogP contribution in [0.2, 0.25) is 0 Å². The van der Waals surface area contributed by atoms with Crippen LogP contribution >= 0.6 is 0 Å². The van der Waals surface area contributed by atoms with Gasteiger partial charge in [0.25, 0.3) is 5.56 Å². The highest BCUT2D eigenvalue weighted by Crippen LogP contribution is 2.21. The van der Waals surface area contributed by atoms with Crippen LogP contribution in [0.3, 0.4) is 0 Å². The maximum atomic E-state index is 11.9. The van der Waals surface area contributed by atoms with E-state index in [9.17, 15) is 9.90 Å². The average molecular weight is 259 g/mol. The normalized spacial score (nSPS) is 10.5. The molecule has 0 aliphatic rings. The molecule has 0 bridgehead atoms. The van der Waals surface area contributed by atoms with Crippen LogP contribution in [0.1, 0.15) is 16.8 Å². The molecule has 0 aliphatic heterocycles. The fraction of sp³-hybridized carbons (Fsp3) is 0.267. The summed E-state index contributed by atoms with van der Waals surface area (Å²) in [6.07, 6.45) is 0. The molecule has 0 saturated carbocycles. The van der Waals surface area contributed by atoms with E-state index in [1.807, 2.05) is 31.2 Å². The van der Waals surface area contributed by atoms with E-state index in [2.05, 4.69) is 0 Å². The molecule has 4 nitrogen and oxygen atoms in total. The first-order valence-corrected chi connectivity index (χ1v) is 6.09. The lowest BCUT2D eigenvalue weighted by molar-refractivity contribution is 0.281. The molecule has 100 valence electrons. The van der Waals surface area contributed by atoms with Crippen molar-refractivity contribution in [3.8, 4) is 5.75 Å². The molecule has 2 rings (SSSR count). The van der Waals surface area contributed by atoms with Crippen LogP contribution in [0.5, 0.6) is 5.75 Å². The molecule has 0 radical (unpaired) electrons. The maximum Gasteiger partial charge on any atom is 0.251 e. The number of pyridine rings is 1. The van der Waals surface area contributed by atoms with Crippen LogP contribution in [0.15, 0.2) is 41.2 Å². The molecule has 19 heavy (non-hydrogen) atoms. The van der Waals surface area contributed by atoms with Crippen molar-refractivity contribution in [3.63, 3.8) is 0 Å². The predicted octanol–water partition coefficient (Wildman–Crippen LogP) is 1.71.